The number of benzene rings is 3. The number of nitrogens with zero attached hydrogens (tertiary/aromatic N) is 1. The van der Waals surface area contributed by atoms with Crippen LogP contribution < -0.4 is 5.32 Å². The highest BCUT2D eigenvalue weighted by atomic mass is 35.5. The Morgan fingerprint density at radius 3 is 2.46 bits per heavy atom. The Kier molecular flexibility index (Phi) is 4.98. The van der Waals surface area contributed by atoms with Crippen molar-refractivity contribution < 1.29 is 5.11 Å². The largest absolute Gasteiger partial charge is 0.394 e. The van der Waals surface area contributed by atoms with E-state index < -0.39 is 0 Å². The normalized spacial score (nSPS) is 12.0. The first-order valence-corrected chi connectivity index (χ1v) is 8.75. The van der Waals surface area contributed by atoms with E-state index in [-0.39, 0.29) is 24.6 Å². The molecule has 0 aliphatic carbocycles. The number of halogens is 1. The minimum Gasteiger partial charge on any atom is -0.394 e. The first kappa shape index (κ1) is 18.7. The summed E-state index contributed by atoms with van der Waals surface area (Å²) in [7, 11) is 2.13. The number of hydrogen-bond acceptors (Lipinski definition) is 2. The molecule has 0 aliphatic heterocycles. The molecule has 3 aromatic carbocycles. The number of aromatic nitrogens is 1. The third-order valence-corrected chi connectivity index (χ3v) is 5.13. The molecular formula is C22H25ClN2O. The van der Waals surface area contributed by atoms with E-state index in [1.54, 1.807) is 0 Å². The lowest BCUT2D eigenvalue weighted by atomic mass is 10.0. The van der Waals surface area contributed by atoms with E-state index in [0.29, 0.717) is 0 Å². The molecule has 4 heteroatoms. The standard InChI is InChI=1S/C22H24N2O.ClH/c1-22(2,14-25)23-13-15-8-10-19-18(12-15)21-17-7-5-4-6-16(17)9-11-20(21)24(19)3;/h4-12,23,25H,13-14H2,1-3H3;1H. The Morgan fingerprint density at radius 1 is 0.962 bits per heavy atom. The van der Waals surface area contributed by atoms with E-state index >= 15 is 0 Å². The summed E-state index contributed by atoms with van der Waals surface area (Å²) in [6.45, 7) is 4.88. The van der Waals surface area contributed by atoms with Crippen LogP contribution in [0.25, 0.3) is 32.6 Å². The quantitative estimate of drug-likeness (QED) is 0.544. The summed E-state index contributed by atoms with van der Waals surface area (Å²) in [5.74, 6) is 0. The van der Waals surface area contributed by atoms with E-state index in [1.165, 1.54) is 38.1 Å². The van der Waals surface area contributed by atoms with Crippen molar-refractivity contribution in [1.82, 2.24) is 9.88 Å². The van der Waals surface area contributed by atoms with Crippen LogP contribution in [-0.4, -0.2) is 21.8 Å². The second kappa shape index (κ2) is 6.92. The number of nitrogens with one attached hydrogen (secondary N) is 1. The Balaban J connectivity index is 0.00000196. The first-order valence-electron chi connectivity index (χ1n) is 8.75. The topological polar surface area (TPSA) is 37.2 Å². The molecule has 0 saturated carbocycles. The van der Waals surface area contributed by atoms with Crippen LogP contribution >= 0.6 is 12.4 Å². The van der Waals surface area contributed by atoms with Gasteiger partial charge in [-0.3, -0.25) is 0 Å². The molecule has 0 spiro atoms. The maximum Gasteiger partial charge on any atom is 0.0607 e. The van der Waals surface area contributed by atoms with Gasteiger partial charge in [-0.15, -0.1) is 12.4 Å². The monoisotopic (exact) mass is 368 g/mol. The molecule has 1 aromatic heterocycles. The van der Waals surface area contributed by atoms with Crippen molar-refractivity contribution in [3.05, 3.63) is 60.2 Å². The van der Waals surface area contributed by atoms with Gasteiger partial charge in [0.15, 0.2) is 0 Å². The van der Waals surface area contributed by atoms with Crippen LogP contribution in [0.2, 0.25) is 0 Å². The van der Waals surface area contributed by atoms with Crippen molar-refractivity contribution in [2.75, 3.05) is 6.61 Å². The van der Waals surface area contributed by atoms with Gasteiger partial charge in [-0.05, 0) is 48.4 Å². The Bertz CT molecular complexity index is 1080. The van der Waals surface area contributed by atoms with Gasteiger partial charge in [0.2, 0.25) is 0 Å². The summed E-state index contributed by atoms with van der Waals surface area (Å²) >= 11 is 0. The van der Waals surface area contributed by atoms with Gasteiger partial charge >= 0.3 is 0 Å². The molecule has 136 valence electrons. The number of fused-ring (bicyclic) bond motifs is 5. The molecule has 26 heavy (non-hydrogen) atoms. The average Bonchev–Trinajstić information content (AvgIpc) is 2.92. The predicted octanol–water partition coefficient (Wildman–Crippen LogP) is 4.77. The molecule has 1 heterocycles. The second-order valence-corrected chi connectivity index (χ2v) is 7.49. The Labute approximate surface area is 160 Å². The Morgan fingerprint density at radius 2 is 1.69 bits per heavy atom. The van der Waals surface area contributed by atoms with Crippen LogP contribution in [0.15, 0.2) is 54.6 Å². The zero-order valence-electron chi connectivity index (χ0n) is 15.4. The maximum atomic E-state index is 9.44. The predicted molar refractivity (Wildman–Crippen MR) is 113 cm³/mol. The molecule has 4 aromatic rings. The molecule has 0 amide bonds. The first-order chi connectivity index (χ1) is 12.0. The van der Waals surface area contributed by atoms with Crippen LogP contribution in [0.1, 0.15) is 19.4 Å². The molecule has 4 rings (SSSR count). The fraction of sp³-hybridized carbons (Fsp3) is 0.273. The molecule has 0 bridgehead atoms. The van der Waals surface area contributed by atoms with E-state index in [9.17, 15) is 5.11 Å². The molecule has 0 saturated heterocycles. The minimum absolute atomic E-state index is 0. The number of aliphatic hydroxyl groups is 1. The summed E-state index contributed by atoms with van der Waals surface area (Å²) in [6.07, 6.45) is 0. The molecule has 0 radical (unpaired) electrons. The number of rotatable bonds is 4. The van der Waals surface area contributed by atoms with Crippen molar-refractivity contribution in [2.45, 2.75) is 25.9 Å². The number of aliphatic hydroxyl groups excluding tert-OH is 1. The zero-order valence-corrected chi connectivity index (χ0v) is 16.2. The van der Waals surface area contributed by atoms with Gasteiger partial charge < -0.3 is 15.0 Å². The van der Waals surface area contributed by atoms with Gasteiger partial charge in [0.05, 0.1) is 6.61 Å². The smallest absolute Gasteiger partial charge is 0.0607 e. The molecule has 0 fully saturated rings. The van der Waals surface area contributed by atoms with Gasteiger partial charge in [-0.1, -0.05) is 36.4 Å². The molecule has 3 nitrogen and oxygen atoms in total. The summed E-state index contributed by atoms with van der Waals surface area (Å²) in [5, 5.41) is 18.0. The van der Waals surface area contributed by atoms with Crippen LogP contribution in [0, 0.1) is 0 Å². The van der Waals surface area contributed by atoms with Crippen molar-refractivity contribution in [3.63, 3.8) is 0 Å². The number of hydrogen-bond donors (Lipinski definition) is 2. The van der Waals surface area contributed by atoms with Gasteiger partial charge in [0.25, 0.3) is 0 Å². The molecule has 0 atom stereocenters. The highest BCUT2D eigenvalue weighted by Crippen LogP contribution is 2.34. The third kappa shape index (κ3) is 3.07. The number of aryl methyl sites for hydroxylation is 1. The average molecular weight is 369 g/mol. The van der Waals surface area contributed by atoms with E-state index in [2.05, 4.69) is 71.5 Å². The lowest BCUT2D eigenvalue weighted by Gasteiger charge is -2.23. The van der Waals surface area contributed by atoms with Crippen molar-refractivity contribution in [2.24, 2.45) is 7.05 Å². The minimum atomic E-state index is -0.277. The molecular weight excluding hydrogens is 344 g/mol. The fourth-order valence-electron chi connectivity index (χ4n) is 3.54. The third-order valence-electron chi connectivity index (χ3n) is 5.13. The SMILES string of the molecule is Cl.Cn1c2ccc(CNC(C)(C)CO)cc2c2c3ccccc3ccc21. The molecule has 0 unspecified atom stereocenters. The highest BCUT2D eigenvalue weighted by Gasteiger charge is 2.16. The summed E-state index contributed by atoms with van der Waals surface area (Å²) in [5.41, 5.74) is 3.46. The Hall–Kier alpha value is -2.07. The fourth-order valence-corrected chi connectivity index (χ4v) is 3.54. The maximum absolute atomic E-state index is 9.44. The summed E-state index contributed by atoms with van der Waals surface area (Å²) < 4.78 is 2.27. The summed E-state index contributed by atoms with van der Waals surface area (Å²) in [6, 6.07) is 19.6. The van der Waals surface area contributed by atoms with Gasteiger partial charge in [-0.2, -0.15) is 0 Å². The second-order valence-electron chi connectivity index (χ2n) is 7.49. The summed E-state index contributed by atoms with van der Waals surface area (Å²) in [4.78, 5) is 0. The van der Waals surface area contributed by atoms with Crippen LogP contribution in [0.5, 0.6) is 0 Å². The van der Waals surface area contributed by atoms with Gasteiger partial charge in [0.1, 0.15) is 0 Å². The van der Waals surface area contributed by atoms with E-state index in [4.69, 9.17) is 0 Å². The van der Waals surface area contributed by atoms with Gasteiger partial charge in [0, 0.05) is 40.9 Å². The lowest BCUT2D eigenvalue weighted by molar-refractivity contribution is 0.187. The van der Waals surface area contributed by atoms with E-state index in [0.717, 1.165) is 6.54 Å². The molecule has 0 aliphatic rings. The van der Waals surface area contributed by atoms with Crippen molar-refractivity contribution >= 4 is 45.0 Å². The van der Waals surface area contributed by atoms with Crippen LogP contribution in [0.4, 0.5) is 0 Å². The van der Waals surface area contributed by atoms with Gasteiger partial charge in [-0.25, -0.2) is 0 Å². The van der Waals surface area contributed by atoms with Crippen LogP contribution in [-0.2, 0) is 13.6 Å². The highest BCUT2D eigenvalue weighted by molar-refractivity contribution is 6.20. The van der Waals surface area contributed by atoms with Crippen molar-refractivity contribution in [3.8, 4) is 0 Å². The lowest BCUT2D eigenvalue weighted by Crippen LogP contribution is -2.42. The zero-order chi connectivity index (χ0) is 17.6. The molecule has 2 N–H and O–H groups in total. The van der Waals surface area contributed by atoms with Crippen molar-refractivity contribution in [1.29, 1.82) is 0 Å². The van der Waals surface area contributed by atoms with E-state index in [1.807, 2.05) is 13.8 Å². The van der Waals surface area contributed by atoms with Crippen LogP contribution in [0.3, 0.4) is 0 Å².